The Morgan fingerprint density at radius 1 is 0.933 bits per heavy atom. The summed E-state index contributed by atoms with van der Waals surface area (Å²) in [6.07, 6.45) is 6.69. The summed E-state index contributed by atoms with van der Waals surface area (Å²) < 4.78 is 28.2. The standard InChI is InChI=1S/C24H24N2O3S/c27-24-23(19-8-4-5-9-19)21-16-20(10-11-22(21)25-24)30(28,29)26-14-12-18(13-15-26)17-6-2-1-3-7-17/h1-3,6-7,10-12,16H,4-5,8-9,13-15H2,(H,25,27). The van der Waals surface area contributed by atoms with Crippen molar-refractivity contribution in [3.63, 3.8) is 0 Å². The molecule has 1 N–H and O–H groups in total. The predicted molar refractivity (Wildman–Crippen MR) is 118 cm³/mol. The predicted octanol–water partition coefficient (Wildman–Crippen LogP) is 4.44. The number of anilines is 1. The van der Waals surface area contributed by atoms with Gasteiger partial charge in [-0.25, -0.2) is 8.42 Å². The monoisotopic (exact) mass is 420 g/mol. The first-order valence-electron chi connectivity index (χ1n) is 10.5. The Morgan fingerprint density at radius 3 is 2.40 bits per heavy atom. The number of carbonyl (C=O) groups is 1. The van der Waals surface area contributed by atoms with Crippen LogP contribution in [-0.4, -0.2) is 31.7 Å². The second-order valence-electron chi connectivity index (χ2n) is 8.06. The van der Waals surface area contributed by atoms with Gasteiger partial charge in [-0.3, -0.25) is 4.79 Å². The summed E-state index contributed by atoms with van der Waals surface area (Å²) in [7, 11) is -3.63. The van der Waals surface area contributed by atoms with Crippen LogP contribution in [-0.2, 0) is 14.8 Å². The molecule has 5 rings (SSSR count). The van der Waals surface area contributed by atoms with Gasteiger partial charge in [-0.15, -0.1) is 0 Å². The Morgan fingerprint density at radius 2 is 1.70 bits per heavy atom. The van der Waals surface area contributed by atoms with E-state index in [2.05, 4.69) is 17.4 Å². The van der Waals surface area contributed by atoms with E-state index in [1.807, 2.05) is 24.3 Å². The molecule has 1 amide bonds. The number of carbonyl (C=O) groups excluding carboxylic acids is 1. The minimum atomic E-state index is -3.63. The molecule has 2 aromatic carbocycles. The first-order valence-corrected chi connectivity index (χ1v) is 11.9. The van der Waals surface area contributed by atoms with E-state index in [0.717, 1.165) is 42.4 Å². The van der Waals surface area contributed by atoms with Crippen molar-refractivity contribution in [3.8, 4) is 0 Å². The van der Waals surface area contributed by atoms with Crippen molar-refractivity contribution in [3.05, 3.63) is 71.3 Å². The Bertz CT molecular complexity index is 1170. The van der Waals surface area contributed by atoms with Crippen LogP contribution in [0.1, 0.15) is 43.2 Å². The minimum Gasteiger partial charge on any atom is -0.321 e. The molecule has 30 heavy (non-hydrogen) atoms. The van der Waals surface area contributed by atoms with Crippen molar-refractivity contribution in [1.82, 2.24) is 4.31 Å². The summed E-state index contributed by atoms with van der Waals surface area (Å²) in [6.45, 7) is 0.806. The highest BCUT2D eigenvalue weighted by atomic mass is 32.2. The Kier molecular flexibility index (Phi) is 4.83. The van der Waals surface area contributed by atoms with E-state index in [-0.39, 0.29) is 10.8 Å². The fraction of sp³-hybridized carbons (Fsp3) is 0.292. The molecular formula is C24H24N2O3S. The van der Waals surface area contributed by atoms with Gasteiger partial charge in [0.25, 0.3) is 5.91 Å². The Hall–Kier alpha value is -2.70. The lowest BCUT2D eigenvalue weighted by atomic mass is 10.00. The highest BCUT2D eigenvalue weighted by Gasteiger charge is 2.32. The van der Waals surface area contributed by atoms with E-state index >= 15 is 0 Å². The zero-order valence-electron chi connectivity index (χ0n) is 16.7. The molecule has 154 valence electrons. The summed E-state index contributed by atoms with van der Waals surface area (Å²) in [6, 6.07) is 15.1. The van der Waals surface area contributed by atoms with Gasteiger partial charge in [0.15, 0.2) is 0 Å². The van der Waals surface area contributed by atoms with Gasteiger partial charge in [-0.05, 0) is 61.4 Å². The number of rotatable bonds is 3. The van der Waals surface area contributed by atoms with Gasteiger partial charge in [0, 0.05) is 29.9 Å². The lowest BCUT2D eigenvalue weighted by Crippen LogP contribution is -2.34. The molecule has 2 aliphatic heterocycles. The van der Waals surface area contributed by atoms with E-state index in [1.165, 1.54) is 9.88 Å². The van der Waals surface area contributed by atoms with E-state index in [9.17, 15) is 13.2 Å². The van der Waals surface area contributed by atoms with Gasteiger partial charge < -0.3 is 5.32 Å². The molecule has 2 aromatic rings. The molecule has 1 saturated carbocycles. The summed E-state index contributed by atoms with van der Waals surface area (Å²) in [5, 5.41) is 2.89. The van der Waals surface area contributed by atoms with Crippen molar-refractivity contribution in [2.24, 2.45) is 0 Å². The minimum absolute atomic E-state index is 0.107. The van der Waals surface area contributed by atoms with Gasteiger partial charge >= 0.3 is 0 Å². The second kappa shape index (κ2) is 7.52. The largest absolute Gasteiger partial charge is 0.321 e. The van der Waals surface area contributed by atoms with Crippen LogP contribution in [0.2, 0.25) is 0 Å². The lowest BCUT2D eigenvalue weighted by molar-refractivity contribution is -0.110. The molecule has 0 saturated heterocycles. The number of amides is 1. The number of hydrogen-bond donors (Lipinski definition) is 1. The average molecular weight is 421 g/mol. The smallest absolute Gasteiger partial charge is 0.256 e. The maximum absolute atomic E-state index is 13.3. The van der Waals surface area contributed by atoms with E-state index in [0.29, 0.717) is 30.8 Å². The molecule has 0 unspecified atom stereocenters. The summed E-state index contributed by atoms with van der Waals surface area (Å²) >= 11 is 0. The van der Waals surface area contributed by atoms with Crippen LogP contribution < -0.4 is 5.32 Å². The third-order valence-electron chi connectivity index (χ3n) is 6.25. The van der Waals surface area contributed by atoms with E-state index < -0.39 is 10.0 Å². The van der Waals surface area contributed by atoms with Crippen LogP contribution in [0.15, 0.2) is 65.1 Å². The van der Waals surface area contributed by atoms with Crippen molar-refractivity contribution in [2.75, 3.05) is 18.4 Å². The van der Waals surface area contributed by atoms with Crippen LogP contribution >= 0.6 is 0 Å². The number of benzene rings is 2. The summed E-state index contributed by atoms with van der Waals surface area (Å²) in [5.41, 5.74) is 5.59. The number of sulfonamides is 1. The number of allylic oxidation sites excluding steroid dienone is 1. The van der Waals surface area contributed by atoms with Crippen molar-refractivity contribution < 1.29 is 13.2 Å². The van der Waals surface area contributed by atoms with Crippen LogP contribution in [0.25, 0.3) is 11.1 Å². The molecular weight excluding hydrogens is 396 g/mol. The molecule has 6 heteroatoms. The topological polar surface area (TPSA) is 66.5 Å². The highest BCUT2D eigenvalue weighted by Crippen LogP contribution is 2.40. The maximum atomic E-state index is 13.3. The van der Waals surface area contributed by atoms with Gasteiger partial charge in [0.05, 0.1) is 4.90 Å². The molecule has 0 aromatic heterocycles. The Labute approximate surface area is 177 Å². The maximum Gasteiger partial charge on any atom is 0.256 e. The summed E-state index contributed by atoms with van der Waals surface area (Å²) in [4.78, 5) is 12.8. The summed E-state index contributed by atoms with van der Waals surface area (Å²) in [5.74, 6) is -0.107. The molecule has 5 nitrogen and oxygen atoms in total. The normalized spacial score (nSPS) is 19.6. The van der Waals surface area contributed by atoms with Crippen LogP contribution in [0.4, 0.5) is 5.69 Å². The first-order chi connectivity index (χ1) is 14.5. The van der Waals surface area contributed by atoms with Crippen LogP contribution in [0.3, 0.4) is 0 Å². The fourth-order valence-corrected chi connectivity index (χ4v) is 6.05. The van der Waals surface area contributed by atoms with Crippen molar-refractivity contribution in [2.45, 2.75) is 37.0 Å². The molecule has 0 bridgehead atoms. The SMILES string of the molecule is O=C1Nc2ccc(S(=O)(=O)N3CC=C(c4ccccc4)CC3)cc2C1=C1CCCC1. The zero-order valence-corrected chi connectivity index (χ0v) is 17.5. The third-order valence-corrected chi connectivity index (χ3v) is 8.11. The molecule has 3 aliphatic rings. The molecule has 2 heterocycles. The molecule has 0 radical (unpaired) electrons. The quantitative estimate of drug-likeness (QED) is 0.747. The van der Waals surface area contributed by atoms with Crippen molar-refractivity contribution >= 4 is 32.8 Å². The molecule has 0 spiro atoms. The molecule has 1 fully saturated rings. The molecule has 0 atom stereocenters. The van der Waals surface area contributed by atoms with E-state index in [1.54, 1.807) is 18.2 Å². The highest BCUT2D eigenvalue weighted by molar-refractivity contribution is 7.89. The number of nitrogens with one attached hydrogen (secondary N) is 1. The number of fused-ring (bicyclic) bond motifs is 1. The lowest BCUT2D eigenvalue weighted by Gasteiger charge is -2.26. The van der Waals surface area contributed by atoms with Crippen LogP contribution in [0, 0.1) is 0 Å². The Balaban J connectivity index is 1.45. The third kappa shape index (κ3) is 3.30. The fourth-order valence-electron chi connectivity index (χ4n) is 4.64. The number of hydrogen-bond acceptors (Lipinski definition) is 3. The van der Waals surface area contributed by atoms with Gasteiger partial charge in [0.2, 0.25) is 10.0 Å². The van der Waals surface area contributed by atoms with Crippen molar-refractivity contribution in [1.29, 1.82) is 0 Å². The second-order valence-corrected chi connectivity index (χ2v) is 9.99. The van der Waals surface area contributed by atoms with E-state index in [4.69, 9.17) is 0 Å². The van der Waals surface area contributed by atoms with Gasteiger partial charge in [0.1, 0.15) is 0 Å². The molecule has 1 aliphatic carbocycles. The van der Waals surface area contributed by atoms with Crippen LogP contribution in [0.5, 0.6) is 0 Å². The average Bonchev–Trinajstić information content (AvgIpc) is 3.40. The zero-order chi connectivity index (χ0) is 20.7. The number of nitrogens with zero attached hydrogens (tertiary/aromatic N) is 1. The van der Waals surface area contributed by atoms with Gasteiger partial charge in [-0.2, -0.15) is 4.31 Å². The first kappa shape index (κ1) is 19.3. The van der Waals surface area contributed by atoms with Gasteiger partial charge in [-0.1, -0.05) is 42.0 Å².